The monoisotopic (exact) mass is 212 g/mol. The average Bonchev–Trinajstić information content (AvgIpc) is 2.08. The Bertz CT molecular complexity index is 235. The lowest BCUT2D eigenvalue weighted by molar-refractivity contribution is -0.130. The highest BCUT2D eigenvalue weighted by atomic mass is 16.2. The summed E-state index contributed by atoms with van der Waals surface area (Å²) in [6.45, 7) is 4.85. The molecule has 0 heterocycles. The number of hydrogen-bond acceptors (Lipinski definition) is 2. The van der Waals surface area contributed by atoms with Crippen LogP contribution >= 0.6 is 0 Å². The Morgan fingerprint density at radius 2 is 1.93 bits per heavy atom. The first-order chi connectivity index (χ1) is 7.09. The third-order valence-corrected chi connectivity index (χ3v) is 2.61. The molecule has 0 spiro atoms. The molecular weight excluding hydrogens is 192 g/mol. The van der Waals surface area contributed by atoms with Gasteiger partial charge < -0.3 is 10.6 Å². The van der Waals surface area contributed by atoms with Gasteiger partial charge in [0.1, 0.15) is 0 Å². The molecule has 0 atom stereocenters. The highest BCUT2D eigenvalue weighted by Gasteiger charge is 2.25. The number of rotatable bonds is 5. The minimum absolute atomic E-state index is 0.0287. The summed E-state index contributed by atoms with van der Waals surface area (Å²) in [7, 11) is 0. The topological polar surface area (TPSA) is 58.2 Å². The molecule has 2 amide bonds. The van der Waals surface area contributed by atoms with Crippen molar-refractivity contribution in [3.63, 3.8) is 0 Å². The quantitative estimate of drug-likeness (QED) is 0.704. The van der Waals surface area contributed by atoms with Crippen LogP contribution in [-0.2, 0) is 9.59 Å². The normalized spacial score (nSPS) is 15.9. The second kappa shape index (κ2) is 5.73. The van der Waals surface area contributed by atoms with Gasteiger partial charge >= 0.3 is 0 Å². The Labute approximate surface area is 90.8 Å². The van der Waals surface area contributed by atoms with E-state index in [1.807, 2.05) is 13.8 Å². The predicted molar refractivity (Wildman–Crippen MR) is 58.2 cm³/mol. The van der Waals surface area contributed by atoms with Gasteiger partial charge in [0.25, 0.3) is 0 Å². The van der Waals surface area contributed by atoms with Crippen molar-refractivity contribution in [3.05, 3.63) is 0 Å². The Balaban J connectivity index is 2.07. The standard InChI is InChI=1S/C11H20N2O2/c1-8(2)6-12-10(14)7-13-11(15)9-4-3-5-9/h8-9H,3-7H2,1-2H3,(H,12,14)(H,13,15). The summed E-state index contributed by atoms with van der Waals surface area (Å²) in [5.74, 6) is 0.525. The summed E-state index contributed by atoms with van der Waals surface area (Å²) in [4.78, 5) is 22.6. The van der Waals surface area contributed by atoms with Crippen LogP contribution in [0.3, 0.4) is 0 Å². The molecule has 0 radical (unpaired) electrons. The van der Waals surface area contributed by atoms with E-state index >= 15 is 0 Å². The molecule has 0 saturated heterocycles. The fraction of sp³-hybridized carbons (Fsp3) is 0.818. The first-order valence-corrected chi connectivity index (χ1v) is 5.64. The van der Waals surface area contributed by atoms with E-state index in [9.17, 15) is 9.59 Å². The molecule has 2 N–H and O–H groups in total. The summed E-state index contributed by atoms with van der Waals surface area (Å²) < 4.78 is 0. The molecule has 1 fully saturated rings. The van der Waals surface area contributed by atoms with Crippen molar-refractivity contribution in [2.45, 2.75) is 33.1 Å². The van der Waals surface area contributed by atoms with Crippen LogP contribution in [0.4, 0.5) is 0 Å². The first kappa shape index (κ1) is 12.0. The molecule has 1 aliphatic rings. The van der Waals surface area contributed by atoms with E-state index in [2.05, 4.69) is 10.6 Å². The van der Waals surface area contributed by atoms with Gasteiger partial charge in [0, 0.05) is 12.5 Å². The third kappa shape index (κ3) is 4.32. The fourth-order valence-corrected chi connectivity index (χ4v) is 1.36. The van der Waals surface area contributed by atoms with Gasteiger partial charge in [0.2, 0.25) is 11.8 Å². The van der Waals surface area contributed by atoms with E-state index in [1.165, 1.54) is 0 Å². The van der Waals surface area contributed by atoms with E-state index in [-0.39, 0.29) is 24.3 Å². The maximum atomic E-state index is 11.4. The van der Waals surface area contributed by atoms with Gasteiger partial charge in [-0.25, -0.2) is 0 Å². The molecule has 0 aromatic rings. The lowest BCUT2D eigenvalue weighted by Crippen LogP contribution is -2.41. The van der Waals surface area contributed by atoms with Crippen molar-refractivity contribution in [1.82, 2.24) is 10.6 Å². The van der Waals surface area contributed by atoms with Crippen molar-refractivity contribution in [2.24, 2.45) is 11.8 Å². The van der Waals surface area contributed by atoms with E-state index in [4.69, 9.17) is 0 Å². The van der Waals surface area contributed by atoms with Crippen LogP contribution < -0.4 is 10.6 Å². The molecule has 15 heavy (non-hydrogen) atoms. The van der Waals surface area contributed by atoms with E-state index in [0.717, 1.165) is 19.3 Å². The number of carbonyl (C=O) groups excluding carboxylic acids is 2. The van der Waals surface area contributed by atoms with Crippen molar-refractivity contribution in [3.8, 4) is 0 Å². The summed E-state index contributed by atoms with van der Waals surface area (Å²) in [6, 6.07) is 0. The predicted octanol–water partition coefficient (Wildman–Crippen LogP) is 0.675. The van der Waals surface area contributed by atoms with Gasteiger partial charge in [-0.3, -0.25) is 9.59 Å². The second-order valence-corrected chi connectivity index (χ2v) is 4.54. The van der Waals surface area contributed by atoms with Gasteiger partial charge in [-0.15, -0.1) is 0 Å². The van der Waals surface area contributed by atoms with E-state index in [1.54, 1.807) is 0 Å². The van der Waals surface area contributed by atoms with Crippen LogP contribution in [0.25, 0.3) is 0 Å². The Morgan fingerprint density at radius 1 is 1.27 bits per heavy atom. The summed E-state index contributed by atoms with van der Waals surface area (Å²) >= 11 is 0. The SMILES string of the molecule is CC(C)CNC(=O)CNC(=O)C1CCC1. The number of hydrogen-bond donors (Lipinski definition) is 2. The summed E-state index contributed by atoms with van der Waals surface area (Å²) in [6.07, 6.45) is 3.08. The highest BCUT2D eigenvalue weighted by molar-refractivity contribution is 5.86. The van der Waals surface area contributed by atoms with Crippen LogP contribution in [-0.4, -0.2) is 24.9 Å². The lowest BCUT2D eigenvalue weighted by Gasteiger charge is -2.23. The molecular formula is C11H20N2O2. The molecule has 4 nitrogen and oxygen atoms in total. The minimum atomic E-state index is -0.101. The Hall–Kier alpha value is -1.06. The van der Waals surface area contributed by atoms with Crippen LogP contribution in [0.5, 0.6) is 0 Å². The zero-order chi connectivity index (χ0) is 11.3. The summed E-state index contributed by atoms with van der Waals surface area (Å²) in [5, 5.41) is 5.42. The van der Waals surface area contributed by atoms with Gasteiger partial charge in [0.05, 0.1) is 6.54 Å². The number of carbonyl (C=O) groups is 2. The molecule has 0 aromatic heterocycles. The van der Waals surface area contributed by atoms with Crippen molar-refractivity contribution in [1.29, 1.82) is 0 Å². The largest absolute Gasteiger partial charge is 0.354 e. The smallest absolute Gasteiger partial charge is 0.239 e. The lowest BCUT2D eigenvalue weighted by atomic mass is 9.85. The number of nitrogens with one attached hydrogen (secondary N) is 2. The summed E-state index contributed by atoms with van der Waals surface area (Å²) in [5.41, 5.74) is 0. The molecule has 86 valence electrons. The zero-order valence-electron chi connectivity index (χ0n) is 9.51. The van der Waals surface area contributed by atoms with Gasteiger partial charge in [-0.1, -0.05) is 20.3 Å². The fourth-order valence-electron chi connectivity index (χ4n) is 1.36. The van der Waals surface area contributed by atoms with Crippen molar-refractivity contribution in [2.75, 3.05) is 13.1 Å². The first-order valence-electron chi connectivity index (χ1n) is 5.64. The Morgan fingerprint density at radius 3 is 2.40 bits per heavy atom. The molecule has 0 bridgehead atoms. The maximum Gasteiger partial charge on any atom is 0.239 e. The molecule has 0 aromatic carbocycles. The molecule has 1 aliphatic carbocycles. The van der Waals surface area contributed by atoms with E-state index in [0.29, 0.717) is 12.5 Å². The zero-order valence-corrected chi connectivity index (χ0v) is 9.51. The van der Waals surface area contributed by atoms with Crippen LogP contribution in [0.2, 0.25) is 0 Å². The highest BCUT2D eigenvalue weighted by Crippen LogP contribution is 2.25. The van der Waals surface area contributed by atoms with E-state index < -0.39 is 0 Å². The third-order valence-electron chi connectivity index (χ3n) is 2.61. The minimum Gasteiger partial charge on any atom is -0.354 e. The van der Waals surface area contributed by atoms with Gasteiger partial charge in [-0.05, 0) is 18.8 Å². The van der Waals surface area contributed by atoms with Crippen molar-refractivity contribution >= 4 is 11.8 Å². The molecule has 1 saturated carbocycles. The second-order valence-electron chi connectivity index (χ2n) is 4.54. The number of amides is 2. The Kier molecular flexibility index (Phi) is 4.59. The van der Waals surface area contributed by atoms with Crippen LogP contribution in [0.15, 0.2) is 0 Å². The van der Waals surface area contributed by atoms with Gasteiger partial charge in [0.15, 0.2) is 0 Å². The molecule has 1 rings (SSSR count). The van der Waals surface area contributed by atoms with Crippen molar-refractivity contribution < 1.29 is 9.59 Å². The van der Waals surface area contributed by atoms with Crippen LogP contribution in [0.1, 0.15) is 33.1 Å². The van der Waals surface area contributed by atoms with Gasteiger partial charge in [-0.2, -0.15) is 0 Å². The molecule has 0 aliphatic heterocycles. The van der Waals surface area contributed by atoms with Crippen LogP contribution in [0, 0.1) is 11.8 Å². The maximum absolute atomic E-state index is 11.4. The molecule has 0 unspecified atom stereocenters. The molecule has 4 heteroatoms. The average molecular weight is 212 g/mol.